The molecule has 9 aromatic rings. The van der Waals surface area contributed by atoms with Crippen molar-refractivity contribution in [1.29, 1.82) is 0 Å². The van der Waals surface area contributed by atoms with Crippen LogP contribution in [-0.2, 0) is 5.41 Å². The molecule has 0 bridgehead atoms. The minimum atomic E-state index is -0.215. The number of aromatic nitrogens is 1. The SMILES string of the molecule is CC1(C)c2cc(-c3cc(N(c4ccccc4)c4ccccc4)cc4c3[nH]c3ccccc34)ccc2-c2ccc(N(c3ccccc3)c3ccccc3)cc21. The highest BCUT2D eigenvalue weighted by Crippen LogP contribution is 2.52. The molecule has 1 aromatic heterocycles. The Kier molecular flexibility index (Phi) is 7.48. The van der Waals surface area contributed by atoms with E-state index in [4.69, 9.17) is 0 Å². The molecular formula is C51H39N3. The molecule has 3 nitrogen and oxygen atoms in total. The van der Waals surface area contributed by atoms with Gasteiger partial charge in [-0.25, -0.2) is 0 Å². The van der Waals surface area contributed by atoms with Gasteiger partial charge in [0, 0.05) is 61.4 Å². The molecular weight excluding hydrogens is 655 g/mol. The first kappa shape index (κ1) is 31.9. The lowest BCUT2D eigenvalue weighted by molar-refractivity contribution is 0.660. The molecule has 8 aromatic carbocycles. The van der Waals surface area contributed by atoms with Crippen molar-refractivity contribution in [3.63, 3.8) is 0 Å². The van der Waals surface area contributed by atoms with E-state index >= 15 is 0 Å². The van der Waals surface area contributed by atoms with Crippen LogP contribution in [0.5, 0.6) is 0 Å². The quantitative estimate of drug-likeness (QED) is 0.179. The van der Waals surface area contributed by atoms with E-state index in [2.05, 4.69) is 223 Å². The molecule has 0 atom stereocenters. The highest BCUT2D eigenvalue weighted by Gasteiger charge is 2.36. The van der Waals surface area contributed by atoms with Crippen LogP contribution in [0.15, 0.2) is 194 Å². The number of hydrogen-bond acceptors (Lipinski definition) is 2. The Bertz CT molecular complexity index is 2710. The average molecular weight is 694 g/mol. The molecule has 0 saturated heterocycles. The van der Waals surface area contributed by atoms with Gasteiger partial charge in [0.15, 0.2) is 0 Å². The van der Waals surface area contributed by atoms with E-state index in [-0.39, 0.29) is 5.41 Å². The van der Waals surface area contributed by atoms with Gasteiger partial charge in [-0.05, 0) is 113 Å². The maximum atomic E-state index is 3.82. The van der Waals surface area contributed by atoms with Crippen LogP contribution in [0.3, 0.4) is 0 Å². The summed E-state index contributed by atoms with van der Waals surface area (Å²) in [4.78, 5) is 8.54. The molecule has 1 aliphatic carbocycles. The van der Waals surface area contributed by atoms with E-state index in [1.165, 1.54) is 44.2 Å². The Morgan fingerprint density at radius 2 is 0.852 bits per heavy atom. The maximum absolute atomic E-state index is 3.82. The van der Waals surface area contributed by atoms with E-state index < -0.39 is 0 Å². The topological polar surface area (TPSA) is 22.3 Å². The molecule has 1 aliphatic rings. The smallest absolute Gasteiger partial charge is 0.0546 e. The predicted molar refractivity (Wildman–Crippen MR) is 228 cm³/mol. The third kappa shape index (κ3) is 5.20. The first-order valence-electron chi connectivity index (χ1n) is 18.7. The van der Waals surface area contributed by atoms with Crippen molar-refractivity contribution in [1.82, 2.24) is 4.98 Å². The van der Waals surface area contributed by atoms with Crippen LogP contribution in [0.1, 0.15) is 25.0 Å². The summed E-state index contributed by atoms with van der Waals surface area (Å²) in [6.45, 7) is 4.75. The summed E-state index contributed by atoms with van der Waals surface area (Å²) in [7, 11) is 0. The summed E-state index contributed by atoms with van der Waals surface area (Å²) >= 11 is 0. The third-order valence-corrected chi connectivity index (χ3v) is 11.1. The normalized spacial score (nSPS) is 12.8. The fourth-order valence-electron chi connectivity index (χ4n) is 8.53. The Labute approximate surface area is 316 Å². The Morgan fingerprint density at radius 1 is 0.370 bits per heavy atom. The van der Waals surface area contributed by atoms with Crippen LogP contribution < -0.4 is 9.80 Å². The molecule has 0 amide bonds. The number of benzene rings is 8. The van der Waals surface area contributed by atoms with Gasteiger partial charge in [0.05, 0.1) is 5.52 Å². The van der Waals surface area contributed by atoms with Crippen molar-refractivity contribution in [2.24, 2.45) is 0 Å². The van der Waals surface area contributed by atoms with Gasteiger partial charge in [-0.2, -0.15) is 0 Å². The highest BCUT2D eigenvalue weighted by molar-refractivity contribution is 6.14. The Hall–Kier alpha value is -6.84. The molecule has 0 fully saturated rings. The number of nitrogens with zero attached hydrogens (tertiary/aromatic N) is 2. The molecule has 0 radical (unpaired) electrons. The van der Waals surface area contributed by atoms with Crippen LogP contribution in [0, 0.1) is 0 Å². The van der Waals surface area contributed by atoms with Crippen molar-refractivity contribution in [3.8, 4) is 22.3 Å². The molecule has 0 spiro atoms. The second-order valence-corrected chi connectivity index (χ2v) is 14.7. The van der Waals surface area contributed by atoms with Crippen molar-refractivity contribution >= 4 is 55.9 Å². The minimum Gasteiger partial charge on any atom is -0.354 e. The molecule has 3 heteroatoms. The van der Waals surface area contributed by atoms with Gasteiger partial charge in [0.25, 0.3) is 0 Å². The highest BCUT2D eigenvalue weighted by atomic mass is 15.1. The van der Waals surface area contributed by atoms with E-state index in [0.717, 1.165) is 45.2 Å². The molecule has 0 saturated carbocycles. The van der Waals surface area contributed by atoms with E-state index in [9.17, 15) is 0 Å². The Morgan fingerprint density at radius 3 is 1.43 bits per heavy atom. The summed E-state index contributed by atoms with van der Waals surface area (Å²) in [5.74, 6) is 0. The first-order valence-corrected chi connectivity index (χ1v) is 18.7. The molecule has 0 aliphatic heterocycles. The third-order valence-electron chi connectivity index (χ3n) is 11.1. The predicted octanol–water partition coefficient (Wildman–Crippen LogP) is 14.2. The van der Waals surface area contributed by atoms with Crippen molar-refractivity contribution in [3.05, 3.63) is 205 Å². The van der Waals surface area contributed by atoms with Crippen molar-refractivity contribution in [2.45, 2.75) is 19.3 Å². The monoisotopic (exact) mass is 693 g/mol. The van der Waals surface area contributed by atoms with Crippen molar-refractivity contribution < 1.29 is 0 Å². The van der Waals surface area contributed by atoms with Gasteiger partial charge in [-0.15, -0.1) is 0 Å². The zero-order valence-corrected chi connectivity index (χ0v) is 30.4. The largest absolute Gasteiger partial charge is 0.354 e. The number of rotatable bonds is 7. The molecule has 258 valence electrons. The summed E-state index contributed by atoms with van der Waals surface area (Å²) in [6.07, 6.45) is 0. The lowest BCUT2D eigenvalue weighted by Crippen LogP contribution is -2.16. The lowest BCUT2D eigenvalue weighted by Gasteiger charge is -2.28. The fourth-order valence-corrected chi connectivity index (χ4v) is 8.53. The van der Waals surface area contributed by atoms with Crippen LogP contribution in [0.4, 0.5) is 34.1 Å². The zero-order chi connectivity index (χ0) is 36.2. The van der Waals surface area contributed by atoms with Gasteiger partial charge in [0.1, 0.15) is 0 Å². The number of hydrogen-bond donors (Lipinski definition) is 1. The molecule has 10 rings (SSSR count). The van der Waals surface area contributed by atoms with E-state index in [1.54, 1.807) is 0 Å². The van der Waals surface area contributed by atoms with E-state index in [1.807, 2.05) is 0 Å². The Balaban J connectivity index is 1.14. The minimum absolute atomic E-state index is 0.215. The molecule has 1 heterocycles. The van der Waals surface area contributed by atoms with Crippen LogP contribution in [0.2, 0.25) is 0 Å². The fraction of sp³-hybridized carbons (Fsp3) is 0.0588. The summed E-state index contributed by atoms with van der Waals surface area (Å²) in [5, 5.41) is 2.43. The number of para-hydroxylation sites is 5. The summed E-state index contributed by atoms with van der Waals surface area (Å²) in [6, 6.07) is 70.1. The molecule has 54 heavy (non-hydrogen) atoms. The van der Waals surface area contributed by atoms with Crippen molar-refractivity contribution in [2.75, 3.05) is 9.80 Å². The molecule has 1 N–H and O–H groups in total. The summed E-state index contributed by atoms with van der Waals surface area (Å²) < 4.78 is 0. The van der Waals surface area contributed by atoms with Crippen LogP contribution in [-0.4, -0.2) is 4.98 Å². The van der Waals surface area contributed by atoms with Gasteiger partial charge in [-0.1, -0.05) is 123 Å². The average Bonchev–Trinajstić information content (AvgIpc) is 3.71. The van der Waals surface area contributed by atoms with Gasteiger partial charge in [-0.3, -0.25) is 0 Å². The van der Waals surface area contributed by atoms with Crippen LogP contribution in [0.25, 0.3) is 44.1 Å². The van der Waals surface area contributed by atoms with Gasteiger partial charge < -0.3 is 14.8 Å². The second-order valence-electron chi connectivity index (χ2n) is 14.7. The van der Waals surface area contributed by atoms with Gasteiger partial charge in [0.2, 0.25) is 0 Å². The summed E-state index contributed by atoms with van der Waals surface area (Å²) in [5.41, 5.74) is 16.5. The standard InChI is InChI=1S/C51H39N3/c1-51(2)47-31-35(27-29-42(47)43-30-28-40(34-48(43)51)53(36-17-7-3-8-18-36)37-19-9-4-10-20-37)45-32-41(33-46-44-25-15-16-26-49(44)52-50(45)46)54(38-21-11-5-12-22-38)39-23-13-6-14-24-39/h3-34,52H,1-2H3. The molecule has 0 unspecified atom stereocenters. The maximum Gasteiger partial charge on any atom is 0.0546 e. The number of aromatic amines is 1. The first-order chi connectivity index (χ1) is 26.5. The number of H-pyrrole nitrogens is 1. The zero-order valence-electron chi connectivity index (χ0n) is 30.4. The number of nitrogens with one attached hydrogen (secondary N) is 1. The number of anilines is 6. The van der Waals surface area contributed by atoms with Gasteiger partial charge >= 0.3 is 0 Å². The lowest BCUT2D eigenvalue weighted by atomic mass is 9.81. The number of fused-ring (bicyclic) bond motifs is 6. The van der Waals surface area contributed by atoms with E-state index in [0.29, 0.717) is 0 Å². The van der Waals surface area contributed by atoms with Crippen LogP contribution >= 0.6 is 0 Å². The second kappa shape index (κ2) is 12.7.